The van der Waals surface area contributed by atoms with Gasteiger partial charge in [0, 0.05) is 6.54 Å². The standard InChI is InChI=1S/C21H20FN3O4S/c1-28-15-9-11-7-8-23-18(14(11)10-16(15)29-2)17-19(26)24-21(30)25(20(17)27)13-5-3-12(22)4-6-13/h3-6,9-10,18,23,27H,7-8H2,1-2H3,(H,24,26,30). The van der Waals surface area contributed by atoms with E-state index in [1.165, 1.54) is 35.9 Å². The number of aromatic amines is 1. The number of halogens is 1. The summed E-state index contributed by atoms with van der Waals surface area (Å²) in [6.45, 7) is 0.595. The van der Waals surface area contributed by atoms with Crippen molar-refractivity contribution in [2.75, 3.05) is 20.8 Å². The highest BCUT2D eigenvalue weighted by atomic mass is 32.1. The maximum absolute atomic E-state index is 13.3. The number of aromatic nitrogens is 2. The fraction of sp³-hybridized carbons (Fsp3) is 0.238. The van der Waals surface area contributed by atoms with Gasteiger partial charge in [-0.05, 0) is 66.2 Å². The fourth-order valence-corrected chi connectivity index (χ4v) is 4.05. The predicted molar refractivity (Wildman–Crippen MR) is 112 cm³/mol. The van der Waals surface area contributed by atoms with Crippen molar-refractivity contribution in [2.24, 2.45) is 0 Å². The van der Waals surface area contributed by atoms with Gasteiger partial charge in [0.2, 0.25) is 5.88 Å². The molecule has 156 valence electrons. The van der Waals surface area contributed by atoms with Crippen molar-refractivity contribution >= 4 is 12.2 Å². The topological polar surface area (TPSA) is 88.5 Å². The first-order chi connectivity index (χ1) is 14.4. The van der Waals surface area contributed by atoms with E-state index in [1.807, 2.05) is 6.07 Å². The van der Waals surface area contributed by atoms with Crippen molar-refractivity contribution in [3.8, 4) is 23.1 Å². The Kier molecular flexibility index (Phi) is 5.31. The molecule has 0 saturated heterocycles. The maximum Gasteiger partial charge on any atom is 0.260 e. The molecule has 0 aliphatic carbocycles. The zero-order chi connectivity index (χ0) is 21.4. The zero-order valence-electron chi connectivity index (χ0n) is 16.4. The van der Waals surface area contributed by atoms with Crippen molar-refractivity contribution in [1.82, 2.24) is 14.9 Å². The van der Waals surface area contributed by atoms with E-state index in [-0.39, 0.29) is 16.2 Å². The highest BCUT2D eigenvalue weighted by Crippen LogP contribution is 2.38. The first kappa shape index (κ1) is 20.1. The molecule has 2 heterocycles. The van der Waals surface area contributed by atoms with E-state index < -0.39 is 17.4 Å². The van der Waals surface area contributed by atoms with Crippen molar-refractivity contribution in [3.05, 3.63) is 74.0 Å². The minimum absolute atomic E-state index is 0.0104. The number of benzene rings is 2. The third kappa shape index (κ3) is 3.35. The Morgan fingerprint density at radius 3 is 2.50 bits per heavy atom. The molecule has 0 bridgehead atoms. The SMILES string of the molecule is COc1cc2c(cc1OC)C(c1c(O)n(-c3ccc(F)cc3)c(=S)[nH]c1=O)NCC2. The number of H-pyrrole nitrogens is 1. The van der Waals surface area contributed by atoms with Gasteiger partial charge < -0.3 is 19.9 Å². The van der Waals surface area contributed by atoms with Crippen LogP contribution in [0.15, 0.2) is 41.2 Å². The first-order valence-corrected chi connectivity index (χ1v) is 9.67. The van der Waals surface area contributed by atoms with E-state index in [0.29, 0.717) is 23.7 Å². The second-order valence-electron chi connectivity index (χ2n) is 6.85. The zero-order valence-corrected chi connectivity index (χ0v) is 17.2. The Labute approximate surface area is 176 Å². The van der Waals surface area contributed by atoms with E-state index in [4.69, 9.17) is 21.7 Å². The highest BCUT2D eigenvalue weighted by Gasteiger charge is 2.30. The van der Waals surface area contributed by atoms with Crippen LogP contribution in [-0.2, 0) is 6.42 Å². The van der Waals surface area contributed by atoms with Crippen molar-refractivity contribution in [2.45, 2.75) is 12.5 Å². The summed E-state index contributed by atoms with van der Waals surface area (Å²) < 4.78 is 25.5. The summed E-state index contributed by atoms with van der Waals surface area (Å²) in [6.07, 6.45) is 0.724. The lowest BCUT2D eigenvalue weighted by Crippen LogP contribution is -2.35. The molecule has 7 nitrogen and oxygen atoms in total. The molecule has 30 heavy (non-hydrogen) atoms. The lowest BCUT2D eigenvalue weighted by atomic mass is 9.90. The number of hydrogen-bond acceptors (Lipinski definition) is 6. The van der Waals surface area contributed by atoms with Crippen LogP contribution < -0.4 is 20.3 Å². The van der Waals surface area contributed by atoms with Crippen LogP contribution in [0.2, 0.25) is 0 Å². The molecule has 1 aromatic heterocycles. The molecule has 0 radical (unpaired) electrons. The second kappa shape index (κ2) is 7.92. The molecular weight excluding hydrogens is 409 g/mol. The molecule has 3 N–H and O–H groups in total. The molecule has 1 aliphatic rings. The summed E-state index contributed by atoms with van der Waals surface area (Å²) >= 11 is 5.25. The number of fused-ring (bicyclic) bond motifs is 1. The molecule has 0 amide bonds. The number of methoxy groups -OCH3 is 2. The number of nitrogens with zero attached hydrogens (tertiary/aromatic N) is 1. The van der Waals surface area contributed by atoms with Crippen molar-refractivity contribution in [3.63, 3.8) is 0 Å². The number of hydrogen-bond donors (Lipinski definition) is 3. The largest absolute Gasteiger partial charge is 0.494 e. The fourth-order valence-electron chi connectivity index (χ4n) is 3.77. The van der Waals surface area contributed by atoms with Crippen LogP contribution >= 0.6 is 12.2 Å². The molecule has 9 heteroatoms. The Balaban J connectivity index is 1.93. The quantitative estimate of drug-likeness (QED) is 0.553. The summed E-state index contributed by atoms with van der Waals surface area (Å²) in [5, 5.41) is 14.4. The van der Waals surface area contributed by atoms with Gasteiger partial charge in [0.15, 0.2) is 16.3 Å². The van der Waals surface area contributed by atoms with Crippen molar-refractivity contribution < 1.29 is 19.0 Å². The minimum Gasteiger partial charge on any atom is -0.494 e. The van der Waals surface area contributed by atoms with Crippen LogP contribution in [0.1, 0.15) is 22.7 Å². The molecule has 2 aromatic carbocycles. The average Bonchev–Trinajstić information content (AvgIpc) is 2.73. The van der Waals surface area contributed by atoms with Gasteiger partial charge in [-0.15, -0.1) is 0 Å². The van der Waals surface area contributed by atoms with Crippen LogP contribution in [0.3, 0.4) is 0 Å². The van der Waals surface area contributed by atoms with Gasteiger partial charge in [0.25, 0.3) is 5.56 Å². The van der Waals surface area contributed by atoms with Crippen LogP contribution in [0.4, 0.5) is 4.39 Å². The first-order valence-electron chi connectivity index (χ1n) is 9.27. The molecule has 1 aliphatic heterocycles. The Morgan fingerprint density at radius 2 is 1.83 bits per heavy atom. The Hall–Kier alpha value is -3.17. The average molecular weight is 429 g/mol. The summed E-state index contributed by atoms with van der Waals surface area (Å²) in [5.74, 6) is 0.387. The van der Waals surface area contributed by atoms with Crippen LogP contribution in [-0.4, -0.2) is 35.4 Å². The number of ether oxygens (including phenoxy) is 2. The third-order valence-electron chi connectivity index (χ3n) is 5.19. The lowest BCUT2D eigenvalue weighted by Gasteiger charge is -2.29. The smallest absolute Gasteiger partial charge is 0.260 e. The lowest BCUT2D eigenvalue weighted by molar-refractivity contribution is 0.352. The monoisotopic (exact) mass is 429 g/mol. The molecule has 3 aromatic rings. The molecular formula is C21H20FN3O4S. The van der Waals surface area contributed by atoms with Crippen LogP contribution in [0.5, 0.6) is 17.4 Å². The van der Waals surface area contributed by atoms with E-state index >= 15 is 0 Å². The second-order valence-corrected chi connectivity index (χ2v) is 7.24. The molecule has 0 fully saturated rings. The Bertz CT molecular complexity index is 1220. The van der Waals surface area contributed by atoms with E-state index in [9.17, 15) is 14.3 Å². The highest BCUT2D eigenvalue weighted by molar-refractivity contribution is 7.71. The summed E-state index contributed by atoms with van der Waals surface area (Å²) in [7, 11) is 3.10. The summed E-state index contributed by atoms with van der Waals surface area (Å²) in [4.78, 5) is 15.4. The van der Waals surface area contributed by atoms with Crippen LogP contribution in [0.25, 0.3) is 5.69 Å². The number of rotatable bonds is 4. The third-order valence-corrected chi connectivity index (χ3v) is 5.48. The number of nitrogens with one attached hydrogen (secondary N) is 2. The minimum atomic E-state index is -0.598. The van der Waals surface area contributed by atoms with Gasteiger partial charge in [-0.2, -0.15) is 0 Å². The summed E-state index contributed by atoms with van der Waals surface area (Å²) in [5.41, 5.74) is 1.81. The number of aromatic hydroxyl groups is 1. The van der Waals surface area contributed by atoms with Gasteiger partial charge in [-0.1, -0.05) is 0 Å². The van der Waals surface area contributed by atoms with E-state index in [1.54, 1.807) is 13.2 Å². The summed E-state index contributed by atoms with van der Waals surface area (Å²) in [6, 6.07) is 8.54. The Morgan fingerprint density at radius 1 is 1.17 bits per heavy atom. The maximum atomic E-state index is 13.3. The van der Waals surface area contributed by atoms with Crippen molar-refractivity contribution in [1.29, 1.82) is 0 Å². The van der Waals surface area contributed by atoms with Gasteiger partial charge in [0.1, 0.15) is 5.82 Å². The molecule has 0 spiro atoms. The van der Waals surface area contributed by atoms with Crippen LogP contribution in [0, 0.1) is 10.6 Å². The molecule has 4 rings (SSSR count). The predicted octanol–water partition coefficient (Wildman–Crippen LogP) is 2.99. The van der Waals surface area contributed by atoms with Gasteiger partial charge in [-0.3, -0.25) is 14.3 Å². The normalized spacial score (nSPS) is 15.5. The molecule has 0 saturated carbocycles. The van der Waals surface area contributed by atoms with Gasteiger partial charge >= 0.3 is 0 Å². The van der Waals surface area contributed by atoms with E-state index in [2.05, 4.69) is 10.3 Å². The molecule has 1 atom stereocenters. The van der Waals surface area contributed by atoms with Gasteiger partial charge in [0.05, 0.1) is 31.5 Å². The van der Waals surface area contributed by atoms with Gasteiger partial charge in [-0.25, -0.2) is 4.39 Å². The van der Waals surface area contributed by atoms with E-state index in [0.717, 1.165) is 17.5 Å². The molecule has 1 unspecified atom stereocenters.